The minimum atomic E-state index is -0.0689. The summed E-state index contributed by atoms with van der Waals surface area (Å²) in [6, 6.07) is 18.0. The van der Waals surface area contributed by atoms with Gasteiger partial charge in [0.25, 0.3) is 5.91 Å². The van der Waals surface area contributed by atoms with E-state index in [0.717, 1.165) is 35.7 Å². The van der Waals surface area contributed by atoms with Crippen LogP contribution in [0.3, 0.4) is 0 Å². The number of fused-ring (bicyclic) bond motifs is 1. The number of amides is 1. The topological polar surface area (TPSA) is 81.3 Å². The second-order valence-corrected chi connectivity index (χ2v) is 6.26. The second kappa shape index (κ2) is 8.89. The third-order valence-electron chi connectivity index (χ3n) is 4.38. The summed E-state index contributed by atoms with van der Waals surface area (Å²) in [7, 11) is 3.39. The first kappa shape index (κ1) is 18.5. The Morgan fingerprint density at radius 3 is 2.70 bits per heavy atom. The highest BCUT2D eigenvalue weighted by molar-refractivity contribution is 5.94. The van der Waals surface area contributed by atoms with Crippen LogP contribution in [0.25, 0.3) is 10.9 Å². The number of guanidine groups is 1. The Kier molecular flexibility index (Phi) is 6.10. The van der Waals surface area contributed by atoms with E-state index in [1.165, 1.54) is 5.39 Å². The molecule has 0 saturated carbocycles. The molecular weight excluding hydrogens is 338 g/mol. The zero-order valence-electron chi connectivity index (χ0n) is 15.7. The van der Waals surface area contributed by atoms with E-state index < -0.39 is 0 Å². The fraction of sp³-hybridized carbons (Fsp3) is 0.238. The van der Waals surface area contributed by atoms with Gasteiger partial charge in [0.1, 0.15) is 0 Å². The minimum absolute atomic E-state index is 0.0689. The highest BCUT2D eigenvalue weighted by Crippen LogP contribution is 2.14. The van der Waals surface area contributed by atoms with Gasteiger partial charge in [0.15, 0.2) is 5.96 Å². The van der Waals surface area contributed by atoms with Crippen LogP contribution in [0.15, 0.2) is 59.6 Å². The minimum Gasteiger partial charge on any atom is -0.357 e. The van der Waals surface area contributed by atoms with Gasteiger partial charge in [-0.1, -0.05) is 30.3 Å². The van der Waals surface area contributed by atoms with E-state index >= 15 is 0 Å². The summed E-state index contributed by atoms with van der Waals surface area (Å²) in [5.41, 5.74) is 4.02. The molecular formula is C21H25N5O. The number of rotatable bonds is 6. The number of aliphatic imine (C=N–C) groups is 1. The van der Waals surface area contributed by atoms with Crippen LogP contribution in [0.5, 0.6) is 0 Å². The molecule has 6 heteroatoms. The summed E-state index contributed by atoms with van der Waals surface area (Å²) in [6.45, 7) is 1.39. The van der Waals surface area contributed by atoms with Gasteiger partial charge in [-0.3, -0.25) is 9.79 Å². The van der Waals surface area contributed by atoms with Crippen molar-refractivity contribution in [2.45, 2.75) is 13.0 Å². The van der Waals surface area contributed by atoms with Gasteiger partial charge in [-0.25, -0.2) is 0 Å². The molecule has 3 aromatic rings. The number of hydrogen-bond acceptors (Lipinski definition) is 2. The third-order valence-corrected chi connectivity index (χ3v) is 4.38. The van der Waals surface area contributed by atoms with Crippen molar-refractivity contribution in [2.75, 3.05) is 20.6 Å². The Hall–Kier alpha value is -3.28. The zero-order valence-corrected chi connectivity index (χ0v) is 15.7. The summed E-state index contributed by atoms with van der Waals surface area (Å²) in [5, 5.41) is 10.5. The number of aromatic amines is 1. The predicted octanol–water partition coefficient (Wildman–Crippen LogP) is 2.44. The maximum atomic E-state index is 11.7. The van der Waals surface area contributed by atoms with Crippen molar-refractivity contribution in [1.29, 1.82) is 0 Å². The van der Waals surface area contributed by atoms with Crippen molar-refractivity contribution in [3.63, 3.8) is 0 Å². The van der Waals surface area contributed by atoms with Gasteiger partial charge >= 0.3 is 0 Å². The fourth-order valence-electron chi connectivity index (χ4n) is 2.97. The average Bonchev–Trinajstić information content (AvgIpc) is 3.13. The van der Waals surface area contributed by atoms with E-state index in [4.69, 9.17) is 0 Å². The lowest BCUT2D eigenvalue weighted by molar-refractivity contribution is 0.0963. The van der Waals surface area contributed by atoms with E-state index in [9.17, 15) is 4.79 Å². The largest absolute Gasteiger partial charge is 0.357 e. The maximum absolute atomic E-state index is 11.7. The second-order valence-electron chi connectivity index (χ2n) is 6.26. The highest BCUT2D eigenvalue weighted by atomic mass is 16.1. The number of nitrogens with zero attached hydrogens (tertiary/aromatic N) is 1. The molecule has 0 aliphatic rings. The summed E-state index contributed by atoms with van der Waals surface area (Å²) < 4.78 is 0. The first-order valence-electron chi connectivity index (χ1n) is 9.02. The quantitative estimate of drug-likeness (QED) is 0.401. The molecule has 0 unspecified atom stereocenters. The van der Waals surface area contributed by atoms with E-state index in [0.29, 0.717) is 12.1 Å². The summed E-state index contributed by atoms with van der Waals surface area (Å²) >= 11 is 0. The number of nitrogens with one attached hydrogen (secondary N) is 4. The number of carbonyl (C=O) groups excluding carboxylic acids is 1. The highest BCUT2D eigenvalue weighted by Gasteiger charge is 2.05. The van der Waals surface area contributed by atoms with Crippen LogP contribution in [0.2, 0.25) is 0 Å². The summed E-state index contributed by atoms with van der Waals surface area (Å²) in [4.78, 5) is 19.4. The van der Waals surface area contributed by atoms with Crippen LogP contribution in [0, 0.1) is 0 Å². The number of hydrogen-bond donors (Lipinski definition) is 4. The Morgan fingerprint density at radius 2 is 1.93 bits per heavy atom. The number of carbonyl (C=O) groups is 1. The SMILES string of the molecule is CN=C(NCCc1cccc(C(=O)NC)c1)NCc1cc2ccccc2[nH]1. The standard InChI is InChI=1S/C21H25N5O/c1-22-20(27)17-8-5-6-15(12-17)10-11-24-21(23-2)25-14-18-13-16-7-3-4-9-19(16)26-18/h3-9,12-13,26H,10-11,14H2,1-2H3,(H,22,27)(H2,23,24,25). The van der Waals surface area contributed by atoms with Crippen molar-refractivity contribution in [3.05, 3.63) is 71.4 Å². The van der Waals surface area contributed by atoms with Gasteiger partial charge in [0, 0.05) is 37.4 Å². The molecule has 0 spiro atoms. The summed E-state index contributed by atoms with van der Waals surface area (Å²) in [6.07, 6.45) is 0.803. The van der Waals surface area contributed by atoms with Crippen molar-refractivity contribution in [3.8, 4) is 0 Å². The number of aromatic nitrogens is 1. The molecule has 1 amide bonds. The molecule has 0 atom stereocenters. The van der Waals surface area contributed by atoms with Gasteiger partial charge in [0.2, 0.25) is 0 Å². The molecule has 3 rings (SSSR count). The number of benzene rings is 2. The normalized spacial score (nSPS) is 11.4. The molecule has 0 aliphatic heterocycles. The van der Waals surface area contributed by atoms with Gasteiger partial charge < -0.3 is 20.9 Å². The molecule has 1 aromatic heterocycles. The monoisotopic (exact) mass is 363 g/mol. The molecule has 4 N–H and O–H groups in total. The van der Waals surface area contributed by atoms with Gasteiger partial charge in [-0.2, -0.15) is 0 Å². The van der Waals surface area contributed by atoms with Crippen molar-refractivity contribution in [2.24, 2.45) is 4.99 Å². The average molecular weight is 363 g/mol. The first-order valence-corrected chi connectivity index (χ1v) is 9.02. The van der Waals surface area contributed by atoms with E-state index in [2.05, 4.69) is 44.1 Å². The Balaban J connectivity index is 1.50. The van der Waals surface area contributed by atoms with E-state index in [1.54, 1.807) is 14.1 Å². The van der Waals surface area contributed by atoms with Crippen LogP contribution in [0.1, 0.15) is 21.6 Å². The van der Waals surface area contributed by atoms with Crippen molar-refractivity contribution < 1.29 is 4.79 Å². The lowest BCUT2D eigenvalue weighted by atomic mass is 10.1. The van der Waals surface area contributed by atoms with Crippen LogP contribution in [-0.4, -0.2) is 37.5 Å². The molecule has 0 aliphatic carbocycles. The lowest BCUT2D eigenvalue weighted by Crippen LogP contribution is -2.37. The Bertz CT molecular complexity index is 911. The van der Waals surface area contributed by atoms with Crippen LogP contribution in [0.4, 0.5) is 0 Å². The third kappa shape index (κ3) is 4.88. The molecule has 6 nitrogen and oxygen atoms in total. The van der Waals surface area contributed by atoms with Gasteiger partial charge in [-0.05, 0) is 41.6 Å². The number of para-hydroxylation sites is 1. The lowest BCUT2D eigenvalue weighted by Gasteiger charge is -2.11. The maximum Gasteiger partial charge on any atom is 0.251 e. The number of H-pyrrole nitrogens is 1. The Morgan fingerprint density at radius 1 is 1.07 bits per heavy atom. The van der Waals surface area contributed by atoms with Crippen LogP contribution in [-0.2, 0) is 13.0 Å². The van der Waals surface area contributed by atoms with Gasteiger partial charge in [-0.15, -0.1) is 0 Å². The molecule has 1 heterocycles. The zero-order chi connectivity index (χ0) is 19.1. The molecule has 0 bridgehead atoms. The molecule has 0 radical (unpaired) electrons. The van der Waals surface area contributed by atoms with Crippen molar-refractivity contribution >= 4 is 22.8 Å². The Labute approximate surface area is 159 Å². The molecule has 140 valence electrons. The van der Waals surface area contributed by atoms with Crippen LogP contribution >= 0.6 is 0 Å². The summed E-state index contributed by atoms with van der Waals surface area (Å²) in [5.74, 6) is 0.678. The van der Waals surface area contributed by atoms with E-state index in [1.807, 2.05) is 36.4 Å². The van der Waals surface area contributed by atoms with E-state index in [-0.39, 0.29) is 5.91 Å². The van der Waals surface area contributed by atoms with Gasteiger partial charge in [0.05, 0.1) is 6.54 Å². The predicted molar refractivity (Wildman–Crippen MR) is 110 cm³/mol. The molecule has 0 saturated heterocycles. The van der Waals surface area contributed by atoms with Crippen molar-refractivity contribution in [1.82, 2.24) is 20.9 Å². The molecule has 27 heavy (non-hydrogen) atoms. The smallest absolute Gasteiger partial charge is 0.251 e. The first-order chi connectivity index (χ1) is 13.2. The molecule has 0 fully saturated rings. The van der Waals surface area contributed by atoms with Crippen LogP contribution < -0.4 is 16.0 Å². The fourth-order valence-corrected chi connectivity index (χ4v) is 2.97. The molecule has 2 aromatic carbocycles.